The lowest BCUT2D eigenvalue weighted by Crippen LogP contribution is -2.17. The molecule has 0 radical (unpaired) electrons. The number of carbonyl (C=O) groups excluding carboxylic acids is 1. The third kappa shape index (κ3) is 6.35. The summed E-state index contributed by atoms with van der Waals surface area (Å²) in [5.74, 6) is -0.860. The summed E-state index contributed by atoms with van der Waals surface area (Å²) in [6.45, 7) is 1.72. The van der Waals surface area contributed by atoms with Crippen LogP contribution >= 0.6 is 0 Å². The first-order valence-corrected chi connectivity index (χ1v) is 6.12. The molecule has 102 valence electrons. The molecule has 5 heteroatoms. The van der Waals surface area contributed by atoms with Crippen molar-refractivity contribution in [1.82, 2.24) is 0 Å². The van der Waals surface area contributed by atoms with Gasteiger partial charge in [0.25, 0.3) is 0 Å². The minimum atomic E-state index is -0.450. The van der Waals surface area contributed by atoms with Crippen molar-refractivity contribution in [2.24, 2.45) is 5.92 Å². The molecule has 1 aromatic carbocycles. The SMILES string of the molecule is CCOC(=O)CC(/C=C/c1ccccc1)C[N+](=O)[O-]. The van der Waals surface area contributed by atoms with Gasteiger partial charge in [0.2, 0.25) is 6.54 Å². The summed E-state index contributed by atoms with van der Waals surface area (Å²) in [4.78, 5) is 21.5. The number of nitro groups is 1. The third-order valence-electron chi connectivity index (χ3n) is 2.48. The van der Waals surface area contributed by atoms with Gasteiger partial charge >= 0.3 is 5.97 Å². The number of carbonyl (C=O) groups is 1. The Kier molecular flexibility index (Phi) is 6.29. The number of rotatable bonds is 7. The molecule has 0 spiro atoms. The summed E-state index contributed by atoms with van der Waals surface area (Å²) in [5, 5.41) is 10.6. The Labute approximate surface area is 112 Å². The lowest BCUT2D eigenvalue weighted by molar-refractivity contribution is -0.485. The first-order valence-electron chi connectivity index (χ1n) is 6.12. The molecular weight excluding hydrogens is 246 g/mol. The fourth-order valence-electron chi connectivity index (χ4n) is 1.63. The highest BCUT2D eigenvalue weighted by atomic mass is 16.6. The maximum atomic E-state index is 11.4. The molecule has 0 saturated carbocycles. The van der Waals surface area contributed by atoms with Gasteiger partial charge in [-0.3, -0.25) is 14.9 Å². The average Bonchev–Trinajstić information content (AvgIpc) is 2.37. The molecule has 0 fully saturated rings. The molecule has 0 N–H and O–H groups in total. The van der Waals surface area contributed by atoms with Gasteiger partial charge in [-0.25, -0.2) is 0 Å². The number of benzene rings is 1. The second kappa shape index (κ2) is 8.02. The van der Waals surface area contributed by atoms with Gasteiger partial charge in [-0.05, 0) is 12.5 Å². The van der Waals surface area contributed by atoms with Crippen molar-refractivity contribution in [3.05, 3.63) is 52.1 Å². The molecule has 0 aliphatic carbocycles. The molecule has 0 heterocycles. The second-order valence-corrected chi connectivity index (χ2v) is 4.05. The Morgan fingerprint density at radius 3 is 2.68 bits per heavy atom. The van der Waals surface area contributed by atoms with Crippen LogP contribution in [0.25, 0.3) is 6.08 Å². The second-order valence-electron chi connectivity index (χ2n) is 4.05. The van der Waals surface area contributed by atoms with Gasteiger partial charge < -0.3 is 4.74 Å². The van der Waals surface area contributed by atoms with Crippen molar-refractivity contribution in [2.45, 2.75) is 13.3 Å². The van der Waals surface area contributed by atoms with E-state index in [0.717, 1.165) is 5.56 Å². The van der Waals surface area contributed by atoms with Gasteiger partial charge in [-0.2, -0.15) is 0 Å². The minimum Gasteiger partial charge on any atom is -0.466 e. The topological polar surface area (TPSA) is 69.4 Å². The van der Waals surface area contributed by atoms with Crippen LogP contribution in [0.4, 0.5) is 0 Å². The zero-order valence-corrected chi connectivity index (χ0v) is 10.8. The van der Waals surface area contributed by atoms with Crippen molar-refractivity contribution < 1.29 is 14.5 Å². The number of nitrogens with zero attached hydrogens (tertiary/aromatic N) is 1. The van der Waals surface area contributed by atoms with E-state index in [1.165, 1.54) is 0 Å². The van der Waals surface area contributed by atoms with Crippen LogP contribution in [-0.4, -0.2) is 24.0 Å². The van der Waals surface area contributed by atoms with Crippen LogP contribution in [0.3, 0.4) is 0 Å². The molecule has 1 rings (SSSR count). The highest BCUT2D eigenvalue weighted by molar-refractivity contribution is 5.70. The van der Waals surface area contributed by atoms with Crippen LogP contribution < -0.4 is 0 Å². The molecule has 5 nitrogen and oxygen atoms in total. The van der Waals surface area contributed by atoms with Gasteiger partial charge in [0, 0.05) is 4.92 Å². The highest BCUT2D eigenvalue weighted by Crippen LogP contribution is 2.11. The van der Waals surface area contributed by atoms with Crippen molar-refractivity contribution in [1.29, 1.82) is 0 Å². The number of hydrogen-bond donors (Lipinski definition) is 0. The van der Waals surface area contributed by atoms with Crippen LogP contribution in [0, 0.1) is 16.0 Å². The van der Waals surface area contributed by atoms with Crippen molar-refractivity contribution in [2.75, 3.05) is 13.2 Å². The standard InChI is InChI=1S/C14H17NO4/c1-2-19-14(16)10-13(11-15(17)18)9-8-12-6-4-3-5-7-12/h3-9,13H,2,10-11H2,1H3/b9-8+. The van der Waals surface area contributed by atoms with E-state index in [2.05, 4.69) is 0 Å². The predicted octanol–water partition coefficient (Wildman–Crippen LogP) is 2.55. The molecule has 19 heavy (non-hydrogen) atoms. The van der Waals surface area contributed by atoms with Crippen LogP contribution in [0.1, 0.15) is 18.9 Å². The third-order valence-corrected chi connectivity index (χ3v) is 2.48. The summed E-state index contributed by atoms with van der Waals surface area (Å²) >= 11 is 0. The first kappa shape index (κ1) is 14.9. The van der Waals surface area contributed by atoms with E-state index in [4.69, 9.17) is 4.74 Å². The smallest absolute Gasteiger partial charge is 0.306 e. The molecular formula is C14H17NO4. The van der Waals surface area contributed by atoms with Gasteiger partial charge in [0.1, 0.15) is 0 Å². The van der Waals surface area contributed by atoms with E-state index in [1.54, 1.807) is 19.1 Å². The Bertz CT molecular complexity index is 442. The van der Waals surface area contributed by atoms with E-state index in [0.29, 0.717) is 0 Å². The lowest BCUT2D eigenvalue weighted by Gasteiger charge is -2.07. The molecule has 0 saturated heterocycles. The zero-order valence-electron chi connectivity index (χ0n) is 10.8. The molecule has 0 amide bonds. The fourth-order valence-corrected chi connectivity index (χ4v) is 1.63. The summed E-state index contributed by atoms with van der Waals surface area (Å²) in [6, 6.07) is 9.44. The summed E-state index contributed by atoms with van der Waals surface area (Å²) < 4.78 is 4.81. The Hall–Kier alpha value is -2.17. The normalized spacial score (nSPS) is 12.3. The fraction of sp³-hybridized carbons (Fsp3) is 0.357. The summed E-state index contributed by atoms with van der Waals surface area (Å²) in [7, 11) is 0. The maximum Gasteiger partial charge on any atom is 0.306 e. The quantitative estimate of drug-likeness (QED) is 0.430. The van der Waals surface area contributed by atoms with Crippen LogP contribution in [0.2, 0.25) is 0 Å². The molecule has 1 atom stereocenters. The highest BCUT2D eigenvalue weighted by Gasteiger charge is 2.17. The Balaban J connectivity index is 2.66. The zero-order chi connectivity index (χ0) is 14.1. The van der Waals surface area contributed by atoms with E-state index in [9.17, 15) is 14.9 Å². The van der Waals surface area contributed by atoms with Crippen LogP contribution in [-0.2, 0) is 9.53 Å². The average molecular weight is 263 g/mol. The van der Waals surface area contributed by atoms with Crippen LogP contribution in [0.15, 0.2) is 36.4 Å². The van der Waals surface area contributed by atoms with Gasteiger partial charge in [0.05, 0.1) is 18.9 Å². The van der Waals surface area contributed by atoms with Crippen molar-refractivity contribution in [3.8, 4) is 0 Å². The van der Waals surface area contributed by atoms with E-state index >= 15 is 0 Å². The first-order chi connectivity index (χ1) is 9.11. The monoisotopic (exact) mass is 263 g/mol. The molecule has 1 aromatic rings. The van der Waals surface area contributed by atoms with Gasteiger partial charge in [-0.15, -0.1) is 0 Å². The van der Waals surface area contributed by atoms with Crippen molar-refractivity contribution in [3.63, 3.8) is 0 Å². The molecule has 1 unspecified atom stereocenters. The maximum absolute atomic E-state index is 11.4. The molecule has 0 aromatic heterocycles. The van der Waals surface area contributed by atoms with Gasteiger partial charge in [-0.1, -0.05) is 42.5 Å². The van der Waals surface area contributed by atoms with Crippen molar-refractivity contribution >= 4 is 12.0 Å². The summed E-state index contributed by atoms with van der Waals surface area (Å²) in [5.41, 5.74) is 0.944. The van der Waals surface area contributed by atoms with E-state index in [1.807, 2.05) is 30.3 Å². The van der Waals surface area contributed by atoms with E-state index < -0.39 is 16.8 Å². The van der Waals surface area contributed by atoms with E-state index in [-0.39, 0.29) is 19.6 Å². The molecule has 0 aliphatic rings. The molecule has 0 aliphatic heterocycles. The van der Waals surface area contributed by atoms with Crippen LogP contribution in [0.5, 0.6) is 0 Å². The summed E-state index contributed by atoms with van der Waals surface area (Å²) in [6.07, 6.45) is 3.50. The number of hydrogen-bond acceptors (Lipinski definition) is 4. The predicted molar refractivity (Wildman–Crippen MR) is 72.1 cm³/mol. The minimum absolute atomic E-state index is 0.0259. The Morgan fingerprint density at radius 1 is 1.42 bits per heavy atom. The largest absolute Gasteiger partial charge is 0.466 e. The lowest BCUT2D eigenvalue weighted by atomic mass is 10.0. The van der Waals surface area contributed by atoms with Gasteiger partial charge in [0.15, 0.2) is 0 Å². The molecule has 0 bridgehead atoms. The Morgan fingerprint density at radius 2 is 2.11 bits per heavy atom. The number of ether oxygens (including phenoxy) is 1. The number of esters is 1.